The zero-order valence-electron chi connectivity index (χ0n) is 13.8. The third-order valence-electron chi connectivity index (χ3n) is 4.89. The first kappa shape index (κ1) is 16.0. The molecule has 0 aliphatic carbocycles. The van der Waals surface area contributed by atoms with Crippen molar-refractivity contribution in [3.05, 3.63) is 11.3 Å². The number of rotatable bonds is 5. The van der Waals surface area contributed by atoms with Crippen molar-refractivity contribution >= 4 is 8.07 Å². The maximum atomic E-state index is 2.62. The van der Waals surface area contributed by atoms with Gasteiger partial charge in [0.25, 0.3) is 0 Å². The van der Waals surface area contributed by atoms with Crippen molar-refractivity contribution in [3.63, 3.8) is 0 Å². The molecule has 1 rings (SSSR count). The Morgan fingerprint density at radius 1 is 0.944 bits per heavy atom. The van der Waals surface area contributed by atoms with Gasteiger partial charge >= 0.3 is 0 Å². The summed E-state index contributed by atoms with van der Waals surface area (Å²) in [6.45, 7) is 17.1. The fraction of sp³-hybridized carbons (Fsp3) is 0.882. The van der Waals surface area contributed by atoms with Crippen molar-refractivity contribution < 1.29 is 0 Å². The van der Waals surface area contributed by atoms with Crippen molar-refractivity contribution in [1.82, 2.24) is 0 Å². The van der Waals surface area contributed by atoms with Gasteiger partial charge in [-0.15, -0.1) is 0 Å². The molecule has 0 amide bonds. The molecule has 1 fully saturated rings. The van der Waals surface area contributed by atoms with Crippen molar-refractivity contribution in [3.8, 4) is 0 Å². The van der Waals surface area contributed by atoms with Gasteiger partial charge in [-0.1, -0.05) is 79.0 Å². The first-order valence-corrected chi connectivity index (χ1v) is 10.1. The first-order chi connectivity index (χ1) is 8.17. The van der Waals surface area contributed by atoms with Crippen LogP contribution in [0.3, 0.4) is 0 Å². The summed E-state index contributed by atoms with van der Waals surface area (Å²) >= 11 is 0. The topological polar surface area (TPSA) is 0 Å². The van der Waals surface area contributed by atoms with Gasteiger partial charge in [0, 0.05) is 0 Å². The SMILES string of the molecule is CCCCCC/C=C1\C[Si]1(C(C)(C)C)C(C)(C)C. The summed E-state index contributed by atoms with van der Waals surface area (Å²) in [5.74, 6) is 0. The van der Waals surface area contributed by atoms with Gasteiger partial charge in [0.05, 0.1) is 8.07 Å². The van der Waals surface area contributed by atoms with E-state index in [4.69, 9.17) is 0 Å². The predicted molar refractivity (Wildman–Crippen MR) is 86.8 cm³/mol. The lowest BCUT2D eigenvalue weighted by atomic mass is 10.1. The van der Waals surface area contributed by atoms with Crippen LogP contribution in [0.5, 0.6) is 0 Å². The molecule has 0 aromatic carbocycles. The minimum absolute atomic E-state index is 0.528. The molecule has 1 aliphatic rings. The number of hydrogen-bond donors (Lipinski definition) is 0. The highest BCUT2D eigenvalue weighted by atomic mass is 28.3. The Labute approximate surface area is 116 Å². The molecule has 106 valence electrons. The van der Waals surface area contributed by atoms with E-state index in [9.17, 15) is 0 Å². The van der Waals surface area contributed by atoms with Gasteiger partial charge in [0.2, 0.25) is 0 Å². The van der Waals surface area contributed by atoms with Gasteiger partial charge in [0.15, 0.2) is 0 Å². The Kier molecular flexibility index (Phi) is 4.91. The average molecular weight is 267 g/mol. The Hall–Kier alpha value is -0.0431. The van der Waals surface area contributed by atoms with Gasteiger partial charge in [-0.2, -0.15) is 0 Å². The summed E-state index contributed by atoms with van der Waals surface area (Å²) in [5.41, 5.74) is 0. The summed E-state index contributed by atoms with van der Waals surface area (Å²) in [4.78, 5) is 0. The van der Waals surface area contributed by atoms with Gasteiger partial charge in [-0.05, 0) is 29.0 Å². The highest BCUT2D eigenvalue weighted by Crippen LogP contribution is 2.68. The van der Waals surface area contributed by atoms with Crippen LogP contribution >= 0.6 is 0 Å². The predicted octanol–water partition coefficient (Wildman–Crippen LogP) is 6.49. The second-order valence-electron chi connectivity index (χ2n) is 8.16. The van der Waals surface area contributed by atoms with Gasteiger partial charge in [0.1, 0.15) is 0 Å². The Balaban J connectivity index is 2.63. The monoisotopic (exact) mass is 266 g/mol. The van der Waals surface area contributed by atoms with Crippen LogP contribution in [0.1, 0.15) is 80.6 Å². The highest BCUT2D eigenvalue weighted by Gasteiger charge is 2.64. The van der Waals surface area contributed by atoms with Crippen LogP contribution in [-0.4, -0.2) is 8.07 Å². The van der Waals surface area contributed by atoms with E-state index in [1.165, 1.54) is 38.1 Å². The summed E-state index contributed by atoms with van der Waals surface area (Å²) in [5, 5.41) is 2.93. The van der Waals surface area contributed by atoms with E-state index < -0.39 is 8.07 Å². The molecular formula is C17H34Si. The summed E-state index contributed by atoms with van der Waals surface area (Å²) in [7, 11) is -1.19. The first-order valence-electron chi connectivity index (χ1n) is 7.86. The Bertz CT molecular complexity index is 285. The molecule has 0 radical (unpaired) electrons. The molecule has 0 N–H and O–H groups in total. The summed E-state index contributed by atoms with van der Waals surface area (Å²) in [6, 6.07) is 1.47. The van der Waals surface area contributed by atoms with Crippen molar-refractivity contribution in [2.24, 2.45) is 0 Å². The third kappa shape index (κ3) is 3.10. The molecule has 0 bridgehead atoms. The average Bonchev–Trinajstić information content (AvgIpc) is 2.91. The minimum Gasteiger partial charge on any atom is -0.0894 e. The molecule has 0 unspecified atom stereocenters. The molecule has 1 aliphatic heterocycles. The van der Waals surface area contributed by atoms with E-state index in [0.29, 0.717) is 10.1 Å². The van der Waals surface area contributed by atoms with Crippen LogP contribution in [0.2, 0.25) is 16.1 Å². The molecule has 1 saturated heterocycles. The molecule has 0 aromatic rings. The Morgan fingerprint density at radius 2 is 1.50 bits per heavy atom. The second-order valence-corrected chi connectivity index (χ2v) is 14.0. The maximum absolute atomic E-state index is 2.62. The van der Waals surface area contributed by atoms with E-state index in [1.807, 2.05) is 5.20 Å². The highest BCUT2D eigenvalue weighted by molar-refractivity contribution is 7.02. The molecule has 0 spiro atoms. The fourth-order valence-corrected chi connectivity index (χ4v) is 10.8. The lowest BCUT2D eigenvalue weighted by Gasteiger charge is -2.40. The quantitative estimate of drug-likeness (QED) is 0.394. The van der Waals surface area contributed by atoms with Crippen LogP contribution in [0.15, 0.2) is 11.3 Å². The van der Waals surface area contributed by atoms with Crippen LogP contribution in [-0.2, 0) is 0 Å². The van der Waals surface area contributed by atoms with Gasteiger partial charge in [-0.25, -0.2) is 0 Å². The number of unbranched alkanes of at least 4 members (excludes halogenated alkanes) is 4. The normalized spacial score (nSPS) is 21.4. The van der Waals surface area contributed by atoms with Crippen molar-refractivity contribution in [2.75, 3.05) is 0 Å². The lowest BCUT2D eigenvalue weighted by molar-refractivity contribution is 0.641. The van der Waals surface area contributed by atoms with Crippen LogP contribution in [0.25, 0.3) is 0 Å². The summed E-state index contributed by atoms with van der Waals surface area (Å²) < 4.78 is 0. The van der Waals surface area contributed by atoms with Crippen molar-refractivity contribution in [2.45, 2.75) is 96.7 Å². The minimum atomic E-state index is -1.19. The Morgan fingerprint density at radius 3 is 1.89 bits per heavy atom. The zero-order chi connectivity index (χ0) is 14.0. The third-order valence-corrected chi connectivity index (χ3v) is 12.0. The molecule has 1 heterocycles. The van der Waals surface area contributed by atoms with E-state index >= 15 is 0 Å². The molecule has 0 saturated carbocycles. The van der Waals surface area contributed by atoms with E-state index in [1.54, 1.807) is 0 Å². The molecule has 1 heteroatoms. The standard InChI is InChI=1S/C17H34Si/c1-8-9-10-11-12-13-15-14-18(15,16(2,3)4)17(5,6)7/h13H,8-12,14H2,1-7H3/b15-13+. The van der Waals surface area contributed by atoms with Crippen LogP contribution in [0.4, 0.5) is 0 Å². The summed E-state index contributed by atoms with van der Waals surface area (Å²) in [6.07, 6.45) is 9.52. The van der Waals surface area contributed by atoms with Gasteiger partial charge < -0.3 is 0 Å². The van der Waals surface area contributed by atoms with E-state index in [2.05, 4.69) is 54.5 Å². The maximum Gasteiger partial charge on any atom is 0.0949 e. The van der Waals surface area contributed by atoms with E-state index in [0.717, 1.165) is 0 Å². The molecular weight excluding hydrogens is 232 g/mol. The van der Waals surface area contributed by atoms with Gasteiger partial charge in [-0.3, -0.25) is 0 Å². The zero-order valence-corrected chi connectivity index (χ0v) is 14.8. The van der Waals surface area contributed by atoms with E-state index in [-0.39, 0.29) is 0 Å². The molecule has 0 atom stereocenters. The molecule has 18 heavy (non-hydrogen) atoms. The second kappa shape index (κ2) is 5.52. The molecule has 0 nitrogen and oxygen atoms in total. The van der Waals surface area contributed by atoms with Crippen LogP contribution in [0, 0.1) is 0 Å². The lowest BCUT2D eigenvalue weighted by Crippen LogP contribution is -2.38. The fourth-order valence-electron chi connectivity index (χ4n) is 3.95. The van der Waals surface area contributed by atoms with Crippen LogP contribution < -0.4 is 0 Å². The largest absolute Gasteiger partial charge is 0.0949 e. The smallest absolute Gasteiger partial charge is 0.0894 e. The van der Waals surface area contributed by atoms with Crippen molar-refractivity contribution in [1.29, 1.82) is 0 Å². The molecule has 0 aromatic heterocycles. The number of hydrogen-bond acceptors (Lipinski definition) is 0. The number of allylic oxidation sites excluding steroid dienone is 2.